The summed E-state index contributed by atoms with van der Waals surface area (Å²) in [6, 6.07) is 24.4. The molecule has 0 saturated heterocycles. The summed E-state index contributed by atoms with van der Waals surface area (Å²) in [6.07, 6.45) is 0. The number of hydrogen-bond acceptors (Lipinski definition) is 4. The number of phenols is 1. The summed E-state index contributed by atoms with van der Waals surface area (Å²) in [5.74, 6) is 0.838. The fraction of sp³-hybridized carbons (Fsp3) is 0.125. The zero-order valence-corrected chi connectivity index (χ0v) is 17.4. The number of phenolic OH excluding ortho intramolecular Hbond substituents is 1. The number of fused-ring (bicyclic) bond motifs is 1. The quantitative estimate of drug-likeness (QED) is 0.322. The maximum atomic E-state index is 12.5. The Morgan fingerprint density at radius 3 is 2.41 bits per heavy atom. The summed E-state index contributed by atoms with van der Waals surface area (Å²) in [6.45, 7) is 0.556. The first kappa shape index (κ1) is 19.3. The Labute approximate surface area is 174 Å². The van der Waals surface area contributed by atoms with E-state index in [0.29, 0.717) is 38.7 Å². The van der Waals surface area contributed by atoms with Crippen molar-refractivity contribution in [2.24, 2.45) is 0 Å². The van der Waals surface area contributed by atoms with E-state index in [4.69, 9.17) is 9.15 Å². The zero-order chi connectivity index (χ0) is 20.1. The van der Waals surface area contributed by atoms with E-state index in [0.717, 1.165) is 16.2 Å². The third-order valence-corrected chi connectivity index (χ3v) is 6.53. The number of aromatic hydroxyl groups is 1. The Morgan fingerprint density at radius 1 is 0.931 bits per heavy atom. The normalized spacial score (nSPS) is 10.9. The predicted octanol–water partition coefficient (Wildman–Crippen LogP) is 4.87. The molecule has 0 fully saturated rings. The topological polar surface area (TPSA) is 59.7 Å². The van der Waals surface area contributed by atoms with Gasteiger partial charge in [-0.25, -0.2) is 0 Å². The van der Waals surface area contributed by atoms with Crippen LogP contribution in [0.15, 0.2) is 88.1 Å². The fourth-order valence-electron chi connectivity index (χ4n) is 3.05. The van der Waals surface area contributed by atoms with Crippen LogP contribution in [0.3, 0.4) is 0 Å². The van der Waals surface area contributed by atoms with Gasteiger partial charge in [-0.3, -0.25) is 0 Å². The van der Waals surface area contributed by atoms with Crippen LogP contribution in [0.25, 0.3) is 22.3 Å². The van der Waals surface area contributed by atoms with Crippen molar-refractivity contribution < 1.29 is 14.3 Å². The molecule has 4 rings (SSSR count). The molecular formula is C24H20O4Se. The molecule has 1 N–H and O–H groups in total. The van der Waals surface area contributed by atoms with Crippen molar-refractivity contribution in [2.75, 3.05) is 6.61 Å². The molecule has 0 radical (unpaired) electrons. The fourth-order valence-corrected chi connectivity index (χ4v) is 4.68. The summed E-state index contributed by atoms with van der Waals surface area (Å²) in [5.41, 5.74) is 2.19. The SMILES string of the molecule is O=c1cc(-c2ccccc2)oc2cc(OCC[Se]Cc3ccccc3)cc(O)c12. The van der Waals surface area contributed by atoms with E-state index >= 15 is 0 Å². The first-order valence-electron chi connectivity index (χ1n) is 9.31. The van der Waals surface area contributed by atoms with Gasteiger partial charge in [-0.05, 0) is 0 Å². The minimum atomic E-state index is -0.277. The second-order valence-electron chi connectivity index (χ2n) is 6.54. The molecule has 29 heavy (non-hydrogen) atoms. The van der Waals surface area contributed by atoms with Gasteiger partial charge < -0.3 is 0 Å². The van der Waals surface area contributed by atoms with Crippen molar-refractivity contribution in [3.05, 3.63) is 94.6 Å². The second-order valence-corrected chi connectivity index (χ2v) is 8.86. The van der Waals surface area contributed by atoms with Gasteiger partial charge in [-0.1, -0.05) is 0 Å². The van der Waals surface area contributed by atoms with Gasteiger partial charge in [0.2, 0.25) is 0 Å². The number of ether oxygens (including phenoxy) is 1. The average molecular weight is 451 g/mol. The Kier molecular flexibility index (Phi) is 5.99. The number of benzene rings is 3. The Hall–Kier alpha value is -3.01. The van der Waals surface area contributed by atoms with E-state index in [1.54, 1.807) is 6.07 Å². The van der Waals surface area contributed by atoms with Crippen molar-refractivity contribution in [1.82, 2.24) is 0 Å². The molecule has 0 unspecified atom stereocenters. The summed E-state index contributed by atoms with van der Waals surface area (Å²) < 4.78 is 11.7. The third kappa shape index (κ3) is 4.70. The molecule has 0 atom stereocenters. The predicted molar refractivity (Wildman–Crippen MR) is 116 cm³/mol. The van der Waals surface area contributed by atoms with Crippen LogP contribution in [0, 0.1) is 0 Å². The van der Waals surface area contributed by atoms with Crippen molar-refractivity contribution in [3.63, 3.8) is 0 Å². The van der Waals surface area contributed by atoms with Gasteiger partial charge in [0.25, 0.3) is 0 Å². The van der Waals surface area contributed by atoms with Crippen LogP contribution >= 0.6 is 0 Å². The molecule has 5 heteroatoms. The molecule has 3 aromatic carbocycles. The summed E-state index contributed by atoms with van der Waals surface area (Å²) >= 11 is 0.438. The van der Waals surface area contributed by atoms with Crippen LogP contribution in [0.4, 0.5) is 0 Å². The molecule has 0 aliphatic carbocycles. The summed E-state index contributed by atoms with van der Waals surface area (Å²) in [4.78, 5) is 12.5. The molecule has 4 nitrogen and oxygen atoms in total. The summed E-state index contributed by atoms with van der Waals surface area (Å²) in [5, 5.41) is 12.5. The zero-order valence-electron chi connectivity index (χ0n) is 15.7. The van der Waals surface area contributed by atoms with Gasteiger partial charge in [-0.15, -0.1) is 0 Å². The monoisotopic (exact) mass is 452 g/mol. The van der Waals surface area contributed by atoms with Crippen molar-refractivity contribution in [3.8, 4) is 22.8 Å². The molecule has 0 amide bonds. The minimum absolute atomic E-state index is 0.124. The van der Waals surface area contributed by atoms with Crippen LogP contribution in [0.5, 0.6) is 11.5 Å². The summed E-state index contributed by atoms with van der Waals surface area (Å²) in [7, 11) is 0. The molecule has 0 saturated carbocycles. The first-order valence-corrected chi connectivity index (χ1v) is 11.7. The molecule has 0 bridgehead atoms. The van der Waals surface area contributed by atoms with Crippen LogP contribution in [0.1, 0.15) is 5.56 Å². The molecule has 1 heterocycles. The second kappa shape index (κ2) is 8.99. The van der Waals surface area contributed by atoms with Crippen LogP contribution in [0.2, 0.25) is 5.32 Å². The van der Waals surface area contributed by atoms with E-state index in [2.05, 4.69) is 24.3 Å². The molecule has 146 valence electrons. The Morgan fingerprint density at radius 2 is 1.66 bits per heavy atom. The van der Waals surface area contributed by atoms with E-state index in [9.17, 15) is 9.90 Å². The Bertz CT molecular complexity index is 1150. The molecule has 4 aromatic rings. The van der Waals surface area contributed by atoms with Gasteiger partial charge in [0, 0.05) is 0 Å². The van der Waals surface area contributed by atoms with Crippen molar-refractivity contribution in [1.29, 1.82) is 0 Å². The molecular weight excluding hydrogens is 431 g/mol. The molecule has 0 spiro atoms. The van der Waals surface area contributed by atoms with Crippen LogP contribution < -0.4 is 10.2 Å². The van der Waals surface area contributed by atoms with Crippen LogP contribution in [-0.2, 0) is 5.32 Å². The third-order valence-electron chi connectivity index (χ3n) is 4.45. The van der Waals surface area contributed by atoms with Gasteiger partial charge in [-0.2, -0.15) is 0 Å². The molecule has 0 aliphatic rings. The maximum absolute atomic E-state index is 12.5. The van der Waals surface area contributed by atoms with E-state index in [1.165, 1.54) is 17.7 Å². The van der Waals surface area contributed by atoms with E-state index < -0.39 is 0 Å². The molecule has 1 aromatic heterocycles. The van der Waals surface area contributed by atoms with Gasteiger partial charge >= 0.3 is 175 Å². The van der Waals surface area contributed by atoms with Gasteiger partial charge in [0.15, 0.2) is 0 Å². The Balaban J connectivity index is 1.48. The van der Waals surface area contributed by atoms with Gasteiger partial charge in [0.05, 0.1) is 0 Å². The molecule has 0 aliphatic heterocycles. The van der Waals surface area contributed by atoms with Crippen molar-refractivity contribution in [2.45, 2.75) is 10.6 Å². The number of rotatable bonds is 7. The van der Waals surface area contributed by atoms with Crippen molar-refractivity contribution >= 4 is 25.9 Å². The van der Waals surface area contributed by atoms with Crippen LogP contribution in [-0.4, -0.2) is 26.7 Å². The van der Waals surface area contributed by atoms with E-state index in [1.807, 2.05) is 36.4 Å². The number of hydrogen-bond donors (Lipinski definition) is 1. The average Bonchev–Trinajstić information content (AvgIpc) is 2.74. The standard InChI is InChI=1S/C24H20O4Se/c25-20-13-19(27-11-12-29-16-17-7-3-1-4-8-17)14-23-24(20)21(26)15-22(28-23)18-9-5-2-6-10-18/h1-10,13-15,25H,11-12,16H2. The van der Waals surface area contributed by atoms with E-state index in [-0.39, 0.29) is 16.6 Å². The van der Waals surface area contributed by atoms with Gasteiger partial charge in [0.1, 0.15) is 0 Å². The first-order chi connectivity index (χ1) is 14.2.